The lowest BCUT2D eigenvalue weighted by atomic mass is 10.1. The van der Waals surface area contributed by atoms with Crippen molar-refractivity contribution in [2.45, 2.75) is 6.92 Å². The van der Waals surface area contributed by atoms with Gasteiger partial charge in [0.2, 0.25) is 5.96 Å². The highest BCUT2D eigenvalue weighted by Crippen LogP contribution is 2.10. The van der Waals surface area contributed by atoms with Crippen molar-refractivity contribution in [2.75, 3.05) is 12.4 Å². The molecule has 2 heterocycles. The van der Waals surface area contributed by atoms with Crippen LogP contribution in [0.25, 0.3) is 0 Å². The van der Waals surface area contributed by atoms with Gasteiger partial charge in [-0.2, -0.15) is 0 Å². The summed E-state index contributed by atoms with van der Waals surface area (Å²) < 4.78 is 0. The van der Waals surface area contributed by atoms with Gasteiger partial charge in [-0.25, -0.2) is 9.98 Å². The molecular formula is C15H18N6. The standard InChI is InChI=1S/C15H18N6/c1-4-11(14(16)17-3)12-8-9-18-15(20-12)21-13-7-5-6-10(2)19-13/h4-9H,1H2,2-3H3,(H2,16,17)(H2,18,19,20,21). The van der Waals surface area contributed by atoms with Crippen molar-refractivity contribution in [1.82, 2.24) is 10.3 Å². The number of rotatable bonds is 3. The molecule has 108 valence electrons. The number of allylic oxidation sites excluding steroid dienone is 1. The molecule has 0 aromatic carbocycles. The molecular weight excluding hydrogens is 264 g/mol. The van der Waals surface area contributed by atoms with E-state index in [9.17, 15) is 0 Å². The highest BCUT2D eigenvalue weighted by Gasteiger charge is 2.11. The molecule has 0 unspecified atom stereocenters. The number of aromatic nitrogens is 1. The Morgan fingerprint density at radius 2 is 2.29 bits per heavy atom. The minimum absolute atomic E-state index is 0.409. The first-order valence-electron chi connectivity index (χ1n) is 6.45. The number of guanidine groups is 1. The molecule has 0 spiro atoms. The van der Waals surface area contributed by atoms with E-state index in [1.807, 2.05) is 31.2 Å². The highest BCUT2D eigenvalue weighted by atomic mass is 15.2. The number of nitrogens with one attached hydrogen (secondary N) is 2. The summed E-state index contributed by atoms with van der Waals surface area (Å²) in [5.41, 5.74) is 8.28. The minimum atomic E-state index is 0.409. The molecule has 0 aliphatic carbocycles. The maximum Gasteiger partial charge on any atom is 0.206 e. The van der Waals surface area contributed by atoms with Gasteiger partial charge in [0.25, 0.3) is 0 Å². The number of hydrogen-bond acceptors (Lipinski definition) is 5. The smallest absolute Gasteiger partial charge is 0.206 e. The fraction of sp³-hybridized carbons (Fsp3) is 0.133. The van der Waals surface area contributed by atoms with E-state index in [0.29, 0.717) is 17.6 Å². The Kier molecular flexibility index (Phi) is 4.50. The van der Waals surface area contributed by atoms with Gasteiger partial charge in [-0.3, -0.25) is 4.99 Å². The van der Waals surface area contributed by atoms with Crippen LogP contribution in [0.5, 0.6) is 0 Å². The lowest BCUT2D eigenvalue weighted by Gasteiger charge is -2.17. The van der Waals surface area contributed by atoms with Crippen LogP contribution in [0.3, 0.4) is 0 Å². The molecule has 0 saturated carbocycles. The van der Waals surface area contributed by atoms with Gasteiger partial charge < -0.3 is 16.4 Å². The molecule has 1 aromatic rings. The third-order valence-electron chi connectivity index (χ3n) is 2.84. The van der Waals surface area contributed by atoms with E-state index >= 15 is 0 Å². The molecule has 0 bridgehead atoms. The molecule has 6 heteroatoms. The summed E-state index contributed by atoms with van der Waals surface area (Å²) in [4.78, 5) is 12.6. The van der Waals surface area contributed by atoms with Crippen LogP contribution in [0.2, 0.25) is 0 Å². The van der Waals surface area contributed by atoms with Gasteiger partial charge in [-0.15, -0.1) is 0 Å². The van der Waals surface area contributed by atoms with E-state index in [4.69, 9.17) is 5.73 Å². The van der Waals surface area contributed by atoms with Crippen LogP contribution in [0.1, 0.15) is 5.69 Å². The number of aliphatic imine (C=N–C) groups is 2. The first kappa shape index (κ1) is 14.5. The molecule has 21 heavy (non-hydrogen) atoms. The van der Waals surface area contributed by atoms with E-state index < -0.39 is 0 Å². The fourth-order valence-electron chi connectivity index (χ4n) is 1.82. The van der Waals surface area contributed by atoms with E-state index in [0.717, 1.165) is 17.0 Å². The van der Waals surface area contributed by atoms with Crippen LogP contribution in [-0.2, 0) is 0 Å². The van der Waals surface area contributed by atoms with Crippen molar-refractivity contribution in [2.24, 2.45) is 15.7 Å². The molecule has 0 radical (unpaired) electrons. The molecule has 2 rings (SSSR count). The van der Waals surface area contributed by atoms with Crippen LogP contribution >= 0.6 is 0 Å². The zero-order valence-corrected chi connectivity index (χ0v) is 12.1. The second-order valence-corrected chi connectivity index (χ2v) is 4.35. The monoisotopic (exact) mass is 282 g/mol. The summed E-state index contributed by atoms with van der Waals surface area (Å²) in [5, 5.41) is 6.26. The van der Waals surface area contributed by atoms with Crippen molar-refractivity contribution in [3.05, 3.63) is 60.1 Å². The molecule has 1 aliphatic heterocycles. The second kappa shape index (κ2) is 6.51. The van der Waals surface area contributed by atoms with Crippen LogP contribution < -0.4 is 16.4 Å². The average Bonchev–Trinajstić information content (AvgIpc) is 2.48. The quantitative estimate of drug-likeness (QED) is 0.581. The number of hydrogen-bond donors (Lipinski definition) is 3. The van der Waals surface area contributed by atoms with Gasteiger partial charge in [-0.1, -0.05) is 18.7 Å². The lowest BCUT2D eigenvalue weighted by Crippen LogP contribution is -2.33. The van der Waals surface area contributed by atoms with E-state index in [1.54, 1.807) is 19.3 Å². The van der Waals surface area contributed by atoms with Gasteiger partial charge in [0.15, 0.2) is 0 Å². The first-order chi connectivity index (χ1) is 10.1. The normalized spacial score (nSPS) is 16.9. The van der Waals surface area contributed by atoms with Crippen LogP contribution in [0, 0.1) is 6.92 Å². The van der Waals surface area contributed by atoms with Crippen LogP contribution in [0.4, 0.5) is 5.82 Å². The predicted octanol–water partition coefficient (Wildman–Crippen LogP) is 1.70. The van der Waals surface area contributed by atoms with Crippen LogP contribution in [-0.4, -0.2) is 23.8 Å². The van der Waals surface area contributed by atoms with Crippen molar-refractivity contribution in [3.63, 3.8) is 0 Å². The molecule has 0 amide bonds. The largest absolute Gasteiger partial charge is 0.383 e. The minimum Gasteiger partial charge on any atom is -0.383 e. The number of nitrogens with two attached hydrogens (primary N) is 1. The Bertz CT molecular complexity index is 666. The van der Waals surface area contributed by atoms with Crippen molar-refractivity contribution < 1.29 is 0 Å². The van der Waals surface area contributed by atoms with Gasteiger partial charge in [0.1, 0.15) is 11.7 Å². The van der Waals surface area contributed by atoms with Crippen LogP contribution in [0.15, 0.2) is 64.4 Å². The van der Waals surface area contributed by atoms with E-state index in [-0.39, 0.29) is 0 Å². The summed E-state index contributed by atoms with van der Waals surface area (Å²) in [6.07, 6.45) is 5.14. The Labute approximate surface area is 123 Å². The number of nitrogens with zero attached hydrogens (tertiary/aromatic N) is 3. The van der Waals surface area contributed by atoms with E-state index in [1.165, 1.54) is 0 Å². The Hall–Kier alpha value is -2.89. The molecule has 0 saturated heterocycles. The lowest BCUT2D eigenvalue weighted by molar-refractivity contribution is 1.10. The zero-order valence-electron chi connectivity index (χ0n) is 12.1. The van der Waals surface area contributed by atoms with Crippen molar-refractivity contribution in [1.29, 1.82) is 0 Å². The van der Waals surface area contributed by atoms with Crippen molar-refractivity contribution >= 4 is 17.6 Å². The Morgan fingerprint density at radius 1 is 1.48 bits per heavy atom. The molecule has 1 aromatic heterocycles. The maximum absolute atomic E-state index is 5.85. The summed E-state index contributed by atoms with van der Waals surface area (Å²) in [7, 11) is 1.63. The summed E-state index contributed by atoms with van der Waals surface area (Å²) in [6, 6.07) is 5.73. The molecule has 4 N–H and O–H groups in total. The summed E-state index contributed by atoms with van der Waals surface area (Å²) in [6.45, 7) is 5.69. The Morgan fingerprint density at radius 3 is 2.95 bits per heavy atom. The molecule has 0 fully saturated rings. The summed E-state index contributed by atoms with van der Waals surface area (Å²) in [5.74, 6) is 1.69. The molecule has 6 nitrogen and oxygen atoms in total. The third kappa shape index (κ3) is 3.56. The maximum atomic E-state index is 5.85. The number of anilines is 1. The van der Waals surface area contributed by atoms with Gasteiger partial charge in [0, 0.05) is 24.5 Å². The first-order valence-corrected chi connectivity index (χ1v) is 6.45. The van der Waals surface area contributed by atoms with E-state index in [2.05, 4.69) is 32.2 Å². The Balaban J connectivity index is 2.22. The van der Waals surface area contributed by atoms with Gasteiger partial charge >= 0.3 is 0 Å². The third-order valence-corrected chi connectivity index (χ3v) is 2.84. The fourth-order valence-corrected chi connectivity index (χ4v) is 1.82. The predicted molar refractivity (Wildman–Crippen MR) is 87.1 cm³/mol. The average molecular weight is 282 g/mol. The number of aryl methyl sites for hydroxylation is 1. The topological polar surface area (TPSA) is 87.7 Å². The molecule has 0 atom stereocenters. The summed E-state index contributed by atoms with van der Waals surface area (Å²) >= 11 is 0. The van der Waals surface area contributed by atoms with Gasteiger partial charge in [0.05, 0.1) is 5.70 Å². The SMILES string of the molecule is C=CC(C(N)=NC)=C1C=CN=C(Nc2cccc(C)n2)N1. The zero-order chi connectivity index (χ0) is 15.2. The van der Waals surface area contributed by atoms with Gasteiger partial charge in [-0.05, 0) is 25.1 Å². The molecule has 1 aliphatic rings. The van der Waals surface area contributed by atoms with Crippen molar-refractivity contribution in [3.8, 4) is 0 Å². The number of pyridine rings is 1. The number of amidine groups is 1. The second-order valence-electron chi connectivity index (χ2n) is 4.35. The highest BCUT2D eigenvalue weighted by molar-refractivity contribution is 6.02.